The van der Waals surface area contributed by atoms with Gasteiger partial charge >= 0.3 is 5.97 Å². The summed E-state index contributed by atoms with van der Waals surface area (Å²) < 4.78 is 3.39. The molecule has 0 saturated heterocycles. The van der Waals surface area contributed by atoms with Gasteiger partial charge in [0, 0.05) is 0 Å². The number of aromatic nitrogens is 2. The lowest BCUT2D eigenvalue weighted by Gasteiger charge is -1.85. The van der Waals surface area contributed by atoms with Gasteiger partial charge in [0.2, 0.25) is 6.33 Å². The van der Waals surface area contributed by atoms with Crippen molar-refractivity contribution in [2.24, 2.45) is 7.05 Å². The molecule has 5 heteroatoms. The van der Waals surface area contributed by atoms with Gasteiger partial charge in [-0.15, -0.1) is 0 Å². The van der Waals surface area contributed by atoms with Crippen LogP contribution in [0.15, 0.2) is 18.7 Å². The second-order valence-electron chi connectivity index (χ2n) is 2.15. The fourth-order valence-corrected chi connectivity index (χ4v) is 0.751. The molecule has 4 nitrogen and oxygen atoms in total. The van der Waals surface area contributed by atoms with E-state index in [9.17, 15) is 4.79 Å². The summed E-state index contributed by atoms with van der Waals surface area (Å²) >= 11 is 0. The zero-order chi connectivity index (χ0) is 7.56. The lowest BCUT2D eigenvalue weighted by Crippen LogP contribution is -3.00. The molecule has 0 aromatic carbocycles. The van der Waals surface area contributed by atoms with Crippen molar-refractivity contribution in [1.29, 1.82) is 0 Å². The van der Waals surface area contributed by atoms with E-state index in [-0.39, 0.29) is 30.5 Å². The highest BCUT2D eigenvalue weighted by Crippen LogP contribution is 1.81. The maximum absolute atomic E-state index is 10.1. The van der Waals surface area contributed by atoms with Crippen molar-refractivity contribution in [3.8, 4) is 0 Å². The van der Waals surface area contributed by atoms with E-state index in [1.807, 2.05) is 7.05 Å². The number of hydrogen-bond acceptors (Lipinski definition) is 1. The monoisotopic (exact) mass is 268 g/mol. The van der Waals surface area contributed by atoms with Crippen molar-refractivity contribution in [3.63, 3.8) is 0 Å². The highest BCUT2D eigenvalue weighted by molar-refractivity contribution is 5.66. The largest absolute Gasteiger partial charge is 1.00 e. The molecule has 0 aliphatic carbocycles. The molecule has 0 atom stereocenters. The third-order valence-corrected chi connectivity index (χ3v) is 1.14. The molecule has 11 heavy (non-hydrogen) atoms. The van der Waals surface area contributed by atoms with Gasteiger partial charge in [-0.3, -0.25) is 0 Å². The Bertz CT molecular complexity index is 246. The summed E-state index contributed by atoms with van der Waals surface area (Å²) in [4.78, 5) is 10.1. The van der Waals surface area contributed by atoms with Crippen LogP contribution in [0.25, 0.3) is 0 Å². The van der Waals surface area contributed by atoms with Crippen molar-refractivity contribution in [1.82, 2.24) is 4.57 Å². The first-order valence-corrected chi connectivity index (χ1v) is 2.91. The van der Waals surface area contributed by atoms with Gasteiger partial charge in [0.05, 0.1) is 7.05 Å². The molecular formula is C6H9IN2O2. The second kappa shape index (κ2) is 4.32. The Morgan fingerprint density at radius 1 is 1.73 bits per heavy atom. The molecule has 1 heterocycles. The zero-order valence-corrected chi connectivity index (χ0v) is 8.22. The fraction of sp³-hybridized carbons (Fsp3) is 0.333. The molecule has 0 amide bonds. The molecule has 1 aromatic heterocycles. The summed E-state index contributed by atoms with van der Waals surface area (Å²) in [6.07, 6.45) is 5.23. The Balaban J connectivity index is 0.000001000. The van der Waals surface area contributed by atoms with Crippen LogP contribution < -0.4 is 28.5 Å². The molecule has 0 fully saturated rings. The van der Waals surface area contributed by atoms with Crippen LogP contribution in [-0.2, 0) is 18.4 Å². The summed E-state index contributed by atoms with van der Waals surface area (Å²) in [5.74, 6) is -0.823. The average molecular weight is 268 g/mol. The van der Waals surface area contributed by atoms with Crippen molar-refractivity contribution < 1.29 is 38.4 Å². The number of imidazole rings is 1. The predicted octanol–water partition coefficient (Wildman–Crippen LogP) is -3.60. The molecule has 0 spiro atoms. The number of aryl methyl sites for hydroxylation is 1. The smallest absolute Gasteiger partial charge is 0.346 e. The molecule has 1 rings (SSSR count). The molecule has 0 saturated carbocycles. The first-order valence-electron chi connectivity index (χ1n) is 2.91. The minimum Gasteiger partial charge on any atom is -1.00 e. The summed E-state index contributed by atoms with van der Waals surface area (Å²) in [5.41, 5.74) is 0. The summed E-state index contributed by atoms with van der Waals surface area (Å²) in [6, 6.07) is 0. The number of carboxylic acids is 1. The number of rotatable bonds is 2. The molecule has 62 valence electrons. The third kappa shape index (κ3) is 3.35. The average Bonchev–Trinajstić information content (AvgIpc) is 2.13. The van der Waals surface area contributed by atoms with Gasteiger partial charge in [-0.05, 0) is 0 Å². The number of halogens is 1. The van der Waals surface area contributed by atoms with E-state index in [0.29, 0.717) is 0 Å². The first-order chi connectivity index (χ1) is 4.68. The molecule has 0 unspecified atom stereocenters. The highest BCUT2D eigenvalue weighted by atomic mass is 127. The predicted molar refractivity (Wildman–Crippen MR) is 33.2 cm³/mol. The Labute approximate surface area is 81.5 Å². The molecule has 0 aliphatic heterocycles. The van der Waals surface area contributed by atoms with Gasteiger partial charge in [-0.1, -0.05) is 0 Å². The van der Waals surface area contributed by atoms with Crippen LogP contribution in [0, 0.1) is 0 Å². The van der Waals surface area contributed by atoms with Crippen LogP contribution in [0.3, 0.4) is 0 Å². The minimum atomic E-state index is -0.823. The van der Waals surface area contributed by atoms with Crippen LogP contribution in [0.1, 0.15) is 0 Å². The minimum absolute atomic E-state index is 0. The summed E-state index contributed by atoms with van der Waals surface area (Å²) in [6.45, 7) is 0.0286. The Morgan fingerprint density at radius 3 is 2.73 bits per heavy atom. The first kappa shape index (κ1) is 10.4. The Morgan fingerprint density at radius 2 is 2.36 bits per heavy atom. The Kier molecular flexibility index (Phi) is 4.09. The van der Waals surface area contributed by atoms with Crippen LogP contribution in [-0.4, -0.2) is 15.6 Å². The van der Waals surface area contributed by atoms with Gasteiger partial charge < -0.3 is 29.1 Å². The molecule has 1 aromatic rings. The zero-order valence-electron chi connectivity index (χ0n) is 6.07. The van der Waals surface area contributed by atoms with Gasteiger partial charge in [0.25, 0.3) is 0 Å². The van der Waals surface area contributed by atoms with E-state index in [4.69, 9.17) is 5.11 Å². The molecule has 0 aliphatic rings. The molecule has 1 N–H and O–H groups in total. The third-order valence-electron chi connectivity index (χ3n) is 1.14. The van der Waals surface area contributed by atoms with E-state index in [0.717, 1.165) is 0 Å². The van der Waals surface area contributed by atoms with E-state index in [2.05, 4.69) is 0 Å². The fourth-order valence-electron chi connectivity index (χ4n) is 0.751. The highest BCUT2D eigenvalue weighted by Gasteiger charge is 2.03. The summed E-state index contributed by atoms with van der Waals surface area (Å²) in [5, 5.41) is 8.35. The van der Waals surface area contributed by atoms with E-state index in [1.54, 1.807) is 27.9 Å². The molecule has 0 radical (unpaired) electrons. The van der Waals surface area contributed by atoms with E-state index >= 15 is 0 Å². The maximum atomic E-state index is 10.1. The molecule has 0 bridgehead atoms. The van der Waals surface area contributed by atoms with Crippen molar-refractivity contribution >= 4 is 5.97 Å². The van der Waals surface area contributed by atoms with Crippen molar-refractivity contribution in [2.75, 3.05) is 0 Å². The number of aliphatic carboxylic acids is 1. The number of carboxylic acid groups (broad SMARTS) is 1. The van der Waals surface area contributed by atoms with Crippen LogP contribution in [0.5, 0.6) is 0 Å². The lowest BCUT2D eigenvalue weighted by molar-refractivity contribution is -0.671. The summed E-state index contributed by atoms with van der Waals surface area (Å²) in [7, 11) is 1.85. The number of hydrogen-bond donors (Lipinski definition) is 1. The van der Waals surface area contributed by atoms with Crippen LogP contribution >= 0.6 is 0 Å². The lowest BCUT2D eigenvalue weighted by atomic mass is 10.6. The second-order valence-corrected chi connectivity index (χ2v) is 2.15. The number of carbonyl (C=O) groups is 1. The Hall–Kier alpha value is -0.590. The maximum Gasteiger partial charge on any atom is 0.346 e. The van der Waals surface area contributed by atoms with Gasteiger partial charge in [0.15, 0.2) is 6.54 Å². The van der Waals surface area contributed by atoms with Crippen LogP contribution in [0.2, 0.25) is 0 Å². The van der Waals surface area contributed by atoms with Crippen molar-refractivity contribution in [3.05, 3.63) is 18.7 Å². The quantitative estimate of drug-likeness (QED) is 0.445. The van der Waals surface area contributed by atoms with Gasteiger partial charge in [0.1, 0.15) is 12.4 Å². The molecular weight excluding hydrogens is 259 g/mol. The normalized spacial score (nSPS) is 8.82. The standard InChI is InChI=1S/C6H8N2O2.HI/c1-7-2-3-8(5-7)4-6(9)10;/h2-3,5H,4H2,1H3;1H. The SMILES string of the molecule is C[n+]1ccn(CC(=O)O)c1.[I-]. The van der Waals surface area contributed by atoms with Crippen LogP contribution in [0.4, 0.5) is 0 Å². The van der Waals surface area contributed by atoms with Gasteiger partial charge in [-0.2, -0.15) is 0 Å². The van der Waals surface area contributed by atoms with Gasteiger partial charge in [-0.25, -0.2) is 13.9 Å². The van der Waals surface area contributed by atoms with E-state index < -0.39 is 5.97 Å². The topological polar surface area (TPSA) is 46.1 Å². The van der Waals surface area contributed by atoms with E-state index in [1.165, 1.54) is 0 Å². The number of nitrogens with zero attached hydrogens (tertiary/aromatic N) is 2. The van der Waals surface area contributed by atoms with Crippen molar-refractivity contribution in [2.45, 2.75) is 6.54 Å².